The van der Waals surface area contributed by atoms with E-state index in [0.29, 0.717) is 29.6 Å². The molecule has 0 spiro atoms. The molecule has 0 bridgehead atoms. The summed E-state index contributed by atoms with van der Waals surface area (Å²) in [6, 6.07) is 6.32. The fraction of sp³-hybridized carbons (Fsp3) is 0.389. The lowest BCUT2D eigenvalue weighted by Crippen LogP contribution is -2.35. The molecule has 1 aliphatic rings. The van der Waals surface area contributed by atoms with Crippen LogP contribution in [-0.4, -0.2) is 25.6 Å². The molecule has 3 heterocycles. The summed E-state index contributed by atoms with van der Waals surface area (Å²) in [6.45, 7) is 7.83. The van der Waals surface area contributed by atoms with Crippen LogP contribution in [0.2, 0.25) is 0 Å². The van der Waals surface area contributed by atoms with Crippen molar-refractivity contribution < 1.29 is 0 Å². The second-order valence-corrected chi connectivity index (χ2v) is 7.02. The molecular weight excluding hydrogens is 318 g/mol. The van der Waals surface area contributed by atoms with Gasteiger partial charge in [0.15, 0.2) is 11.2 Å². The molecule has 1 aromatic carbocycles. The highest BCUT2D eigenvalue weighted by Gasteiger charge is 2.29. The number of hydrogen-bond donors (Lipinski definition) is 1. The van der Waals surface area contributed by atoms with Crippen molar-refractivity contribution in [3.63, 3.8) is 0 Å². The van der Waals surface area contributed by atoms with E-state index in [9.17, 15) is 9.59 Å². The van der Waals surface area contributed by atoms with Gasteiger partial charge < -0.3 is 9.47 Å². The third-order valence-electron chi connectivity index (χ3n) is 4.86. The fourth-order valence-electron chi connectivity index (χ4n) is 3.68. The molecule has 7 nitrogen and oxygen atoms in total. The third kappa shape index (κ3) is 2.30. The predicted octanol–water partition coefficient (Wildman–Crippen LogP) is 1.83. The molecule has 2 aromatic heterocycles. The minimum Gasteiger partial charge on any atom is -0.311 e. The standard InChI is InChI=1S/C18H21N5O2/c1-10-5-6-13(12(3)7-10)22-8-11(2)9-23-14-15(19-17(22)23)21(4)18(25)20-16(14)24/h5-7,11H,8-9H2,1-4H3,(H,20,24,25). The monoisotopic (exact) mass is 339 g/mol. The summed E-state index contributed by atoms with van der Waals surface area (Å²) in [5.74, 6) is 1.06. The van der Waals surface area contributed by atoms with Gasteiger partial charge in [0.05, 0.1) is 0 Å². The van der Waals surface area contributed by atoms with Crippen LogP contribution in [0.5, 0.6) is 0 Å². The summed E-state index contributed by atoms with van der Waals surface area (Å²) in [5, 5.41) is 0. The van der Waals surface area contributed by atoms with Crippen molar-refractivity contribution in [1.82, 2.24) is 19.1 Å². The largest absolute Gasteiger partial charge is 0.329 e. The zero-order chi connectivity index (χ0) is 17.9. The van der Waals surface area contributed by atoms with Crippen molar-refractivity contribution >= 4 is 22.8 Å². The van der Waals surface area contributed by atoms with Crippen LogP contribution < -0.4 is 16.1 Å². The number of fused-ring (bicyclic) bond motifs is 3. The molecule has 0 fully saturated rings. The Bertz CT molecular complexity index is 1110. The second-order valence-electron chi connectivity index (χ2n) is 7.02. The summed E-state index contributed by atoms with van der Waals surface area (Å²) in [5.41, 5.74) is 3.50. The molecule has 0 radical (unpaired) electrons. The van der Waals surface area contributed by atoms with Crippen molar-refractivity contribution in [2.45, 2.75) is 27.3 Å². The number of aromatic nitrogens is 4. The topological polar surface area (TPSA) is 75.9 Å². The Morgan fingerprint density at radius 1 is 1.20 bits per heavy atom. The maximum Gasteiger partial charge on any atom is 0.329 e. The number of benzene rings is 1. The highest BCUT2D eigenvalue weighted by atomic mass is 16.2. The zero-order valence-corrected chi connectivity index (χ0v) is 14.8. The Hall–Kier alpha value is -2.83. The van der Waals surface area contributed by atoms with Crippen LogP contribution in [0.3, 0.4) is 0 Å². The number of imidazole rings is 1. The van der Waals surface area contributed by atoms with E-state index in [1.54, 1.807) is 7.05 Å². The average Bonchev–Trinajstić information content (AvgIpc) is 2.92. The molecule has 7 heteroatoms. The Balaban J connectivity index is 2.02. The molecule has 1 N–H and O–H groups in total. The van der Waals surface area contributed by atoms with Gasteiger partial charge in [-0.25, -0.2) is 4.79 Å². The van der Waals surface area contributed by atoms with Gasteiger partial charge in [-0.15, -0.1) is 0 Å². The predicted molar refractivity (Wildman–Crippen MR) is 97.7 cm³/mol. The lowest BCUT2D eigenvalue weighted by Gasteiger charge is -2.33. The summed E-state index contributed by atoms with van der Waals surface area (Å²) in [7, 11) is 1.63. The fourth-order valence-corrected chi connectivity index (χ4v) is 3.68. The van der Waals surface area contributed by atoms with E-state index in [-0.39, 0.29) is 5.56 Å². The van der Waals surface area contributed by atoms with Gasteiger partial charge in [0, 0.05) is 25.8 Å². The molecule has 1 atom stereocenters. The first-order chi connectivity index (χ1) is 11.9. The van der Waals surface area contributed by atoms with Crippen LogP contribution in [0.25, 0.3) is 11.2 Å². The third-order valence-corrected chi connectivity index (χ3v) is 4.86. The first-order valence-corrected chi connectivity index (χ1v) is 8.41. The number of rotatable bonds is 1. The van der Waals surface area contributed by atoms with Crippen molar-refractivity contribution in [3.05, 3.63) is 50.2 Å². The highest BCUT2D eigenvalue weighted by Crippen LogP contribution is 2.34. The van der Waals surface area contributed by atoms with E-state index >= 15 is 0 Å². The molecule has 3 aromatic rings. The van der Waals surface area contributed by atoms with Crippen LogP contribution in [0.1, 0.15) is 18.1 Å². The summed E-state index contributed by atoms with van der Waals surface area (Å²) in [4.78, 5) is 33.5. The van der Waals surface area contributed by atoms with Gasteiger partial charge >= 0.3 is 5.69 Å². The van der Waals surface area contributed by atoms with E-state index in [1.807, 2.05) is 4.57 Å². The molecule has 1 aliphatic heterocycles. The van der Waals surface area contributed by atoms with Gasteiger partial charge in [-0.2, -0.15) is 4.98 Å². The Morgan fingerprint density at radius 2 is 1.96 bits per heavy atom. The molecule has 130 valence electrons. The lowest BCUT2D eigenvalue weighted by molar-refractivity contribution is 0.458. The maximum atomic E-state index is 12.4. The average molecular weight is 339 g/mol. The molecular formula is C18H21N5O2. The van der Waals surface area contributed by atoms with Gasteiger partial charge in [-0.05, 0) is 31.4 Å². The van der Waals surface area contributed by atoms with Crippen LogP contribution in [0.4, 0.5) is 11.6 Å². The van der Waals surface area contributed by atoms with Crippen LogP contribution in [-0.2, 0) is 13.6 Å². The van der Waals surface area contributed by atoms with E-state index < -0.39 is 5.69 Å². The van der Waals surface area contributed by atoms with Crippen molar-refractivity contribution in [2.75, 3.05) is 11.4 Å². The number of anilines is 2. The summed E-state index contributed by atoms with van der Waals surface area (Å²) >= 11 is 0. The Morgan fingerprint density at radius 3 is 2.68 bits per heavy atom. The van der Waals surface area contributed by atoms with E-state index in [1.165, 1.54) is 10.1 Å². The molecule has 0 saturated heterocycles. The van der Waals surface area contributed by atoms with E-state index in [0.717, 1.165) is 17.8 Å². The van der Waals surface area contributed by atoms with Crippen LogP contribution in [0, 0.1) is 19.8 Å². The lowest BCUT2D eigenvalue weighted by atomic mass is 10.1. The number of aromatic amines is 1. The van der Waals surface area contributed by atoms with E-state index in [4.69, 9.17) is 0 Å². The van der Waals surface area contributed by atoms with Crippen LogP contribution >= 0.6 is 0 Å². The number of H-pyrrole nitrogens is 1. The van der Waals surface area contributed by atoms with Gasteiger partial charge in [0.25, 0.3) is 5.56 Å². The second kappa shape index (κ2) is 5.34. The quantitative estimate of drug-likeness (QED) is 0.734. The minimum atomic E-state index is -0.445. The SMILES string of the molecule is Cc1ccc(N2CC(C)Cn3c2nc2c3c(=O)[nH]c(=O)n2C)c(C)c1. The molecule has 0 amide bonds. The van der Waals surface area contributed by atoms with Gasteiger partial charge in [0.1, 0.15) is 0 Å². The smallest absolute Gasteiger partial charge is 0.311 e. The number of nitrogens with zero attached hydrogens (tertiary/aromatic N) is 4. The minimum absolute atomic E-state index is 0.349. The Labute approximate surface area is 144 Å². The zero-order valence-electron chi connectivity index (χ0n) is 14.8. The van der Waals surface area contributed by atoms with Crippen molar-refractivity contribution in [2.24, 2.45) is 13.0 Å². The van der Waals surface area contributed by atoms with Gasteiger partial charge in [-0.3, -0.25) is 14.3 Å². The molecule has 25 heavy (non-hydrogen) atoms. The normalized spacial score (nSPS) is 17.1. The first kappa shape index (κ1) is 15.7. The highest BCUT2D eigenvalue weighted by molar-refractivity contribution is 5.77. The summed E-state index contributed by atoms with van der Waals surface area (Å²) < 4.78 is 3.33. The van der Waals surface area contributed by atoms with Crippen molar-refractivity contribution in [3.8, 4) is 0 Å². The van der Waals surface area contributed by atoms with Gasteiger partial charge in [0.2, 0.25) is 5.95 Å². The Kier molecular flexibility index (Phi) is 3.35. The first-order valence-electron chi connectivity index (χ1n) is 8.41. The number of nitrogens with one attached hydrogen (secondary N) is 1. The molecule has 0 saturated carbocycles. The summed E-state index contributed by atoms with van der Waals surface area (Å²) in [6.07, 6.45) is 0. The molecule has 4 rings (SSSR count). The van der Waals surface area contributed by atoms with E-state index in [2.05, 4.69) is 53.8 Å². The van der Waals surface area contributed by atoms with Crippen LogP contribution in [0.15, 0.2) is 27.8 Å². The number of hydrogen-bond acceptors (Lipinski definition) is 4. The van der Waals surface area contributed by atoms with Gasteiger partial charge in [-0.1, -0.05) is 24.6 Å². The van der Waals surface area contributed by atoms with Crippen molar-refractivity contribution in [1.29, 1.82) is 0 Å². The number of aryl methyl sites for hydroxylation is 3. The molecule has 1 unspecified atom stereocenters. The maximum absolute atomic E-state index is 12.4. The molecule has 0 aliphatic carbocycles.